The summed E-state index contributed by atoms with van der Waals surface area (Å²) in [6.07, 6.45) is 0. The van der Waals surface area contributed by atoms with E-state index < -0.39 is 0 Å². The van der Waals surface area contributed by atoms with E-state index in [1.165, 1.54) is 54.2 Å². The molecule has 0 unspecified atom stereocenters. The molecule has 0 aliphatic carbocycles. The molecule has 0 saturated carbocycles. The van der Waals surface area contributed by atoms with E-state index in [0.717, 1.165) is 66.2 Å². The molecular formula is C56H34N2. The van der Waals surface area contributed by atoms with Gasteiger partial charge in [-0.15, -0.1) is 0 Å². The van der Waals surface area contributed by atoms with Crippen LogP contribution in [0.4, 0.5) is 0 Å². The first-order chi connectivity index (χ1) is 28.8. The molecule has 12 aromatic rings. The van der Waals surface area contributed by atoms with Gasteiger partial charge in [-0.05, 0) is 114 Å². The molecule has 2 heterocycles. The van der Waals surface area contributed by atoms with Crippen LogP contribution < -0.4 is 0 Å². The predicted molar refractivity (Wildman–Crippen MR) is 246 cm³/mol. The highest BCUT2D eigenvalue weighted by Gasteiger charge is 2.21. The summed E-state index contributed by atoms with van der Waals surface area (Å²) in [5.41, 5.74) is 10.7. The van der Waals surface area contributed by atoms with Crippen molar-refractivity contribution < 1.29 is 0 Å². The minimum absolute atomic E-state index is 0.943. The molecular weight excluding hydrogens is 701 g/mol. The van der Waals surface area contributed by atoms with Crippen LogP contribution in [0, 0.1) is 0 Å². The Balaban J connectivity index is 1.27. The molecule has 2 aromatic heterocycles. The minimum Gasteiger partial charge on any atom is -0.247 e. The Hall–Kier alpha value is -7.68. The lowest BCUT2D eigenvalue weighted by Gasteiger charge is -2.19. The normalized spacial score (nSPS) is 11.8. The molecule has 0 atom stereocenters. The molecule has 0 spiro atoms. The predicted octanol–water partition coefficient (Wildman–Crippen LogP) is 15.2. The molecule has 2 nitrogen and oxygen atoms in total. The summed E-state index contributed by atoms with van der Waals surface area (Å²) < 4.78 is 0. The zero-order valence-electron chi connectivity index (χ0n) is 31.5. The third-order valence-corrected chi connectivity index (χ3v) is 12.0. The van der Waals surface area contributed by atoms with Gasteiger partial charge in [-0.2, -0.15) is 0 Å². The first-order valence-corrected chi connectivity index (χ1v) is 19.9. The van der Waals surface area contributed by atoms with Crippen molar-refractivity contribution in [2.24, 2.45) is 0 Å². The van der Waals surface area contributed by atoms with E-state index in [2.05, 4.69) is 206 Å². The van der Waals surface area contributed by atoms with Crippen LogP contribution in [0.1, 0.15) is 0 Å². The second kappa shape index (κ2) is 12.9. The van der Waals surface area contributed by atoms with Crippen molar-refractivity contribution >= 4 is 75.7 Å². The van der Waals surface area contributed by atoms with E-state index in [9.17, 15) is 0 Å². The summed E-state index contributed by atoms with van der Waals surface area (Å²) in [7, 11) is 0. The van der Waals surface area contributed by atoms with Gasteiger partial charge in [-0.25, -0.2) is 9.97 Å². The maximum atomic E-state index is 5.61. The molecule has 268 valence electrons. The lowest BCUT2D eigenvalue weighted by Crippen LogP contribution is -1.95. The van der Waals surface area contributed by atoms with Crippen LogP contribution in [0.15, 0.2) is 206 Å². The van der Waals surface area contributed by atoms with Gasteiger partial charge in [0.15, 0.2) is 0 Å². The third kappa shape index (κ3) is 5.05. The number of aromatic nitrogens is 2. The summed E-state index contributed by atoms with van der Waals surface area (Å²) >= 11 is 0. The zero-order valence-corrected chi connectivity index (χ0v) is 31.5. The highest BCUT2D eigenvalue weighted by Crippen LogP contribution is 2.46. The molecule has 0 bridgehead atoms. The maximum absolute atomic E-state index is 5.61. The van der Waals surface area contributed by atoms with Crippen molar-refractivity contribution in [1.82, 2.24) is 9.97 Å². The van der Waals surface area contributed by atoms with Gasteiger partial charge in [0, 0.05) is 32.7 Å². The fraction of sp³-hybridized carbons (Fsp3) is 0. The van der Waals surface area contributed by atoms with Gasteiger partial charge in [0.25, 0.3) is 0 Å². The Morgan fingerprint density at radius 1 is 0.224 bits per heavy atom. The smallest absolute Gasteiger partial charge is 0.0795 e. The molecule has 10 aromatic carbocycles. The number of pyridine rings is 2. The highest BCUT2D eigenvalue weighted by molar-refractivity contribution is 6.26. The standard InChI is InChI=1S/C56H34N2/c1-3-15-35(16-4-1)53-29-27-45-49(47-31-37-19-7-9-21-39(37)41-23-11-13-25-43(41)47)34-52-51(55(45)57-53)33-50(46-28-30-54(58-56(46)52)36-17-5-2-6-18-36)48-32-38-20-8-10-22-40(38)42-24-12-14-26-44(42)48/h1-34H. The molecule has 58 heavy (non-hydrogen) atoms. The van der Waals surface area contributed by atoms with Gasteiger partial charge < -0.3 is 0 Å². The van der Waals surface area contributed by atoms with Crippen molar-refractivity contribution in [3.05, 3.63) is 206 Å². The van der Waals surface area contributed by atoms with Gasteiger partial charge in [-0.1, -0.05) is 158 Å². The summed E-state index contributed by atoms with van der Waals surface area (Å²) in [4.78, 5) is 11.2. The lowest BCUT2D eigenvalue weighted by molar-refractivity contribution is 1.40. The van der Waals surface area contributed by atoms with Crippen LogP contribution in [0.5, 0.6) is 0 Å². The fourth-order valence-corrected chi connectivity index (χ4v) is 9.29. The first-order valence-electron chi connectivity index (χ1n) is 19.9. The number of benzene rings is 10. The van der Waals surface area contributed by atoms with Crippen molar-refractivity contribution in [3.8, 4) is 44.8 Å². The van der Waals surface area contributed by atoms with E-state index in [0.29, 0.717) is 0 Å². The average Bonchev–Trinajstić information content (AvgIpc) is 3.30. The molecule has 2 heteroatoms. The van der Waals surface area contributed by atoms with E-state index in [1.807, 2.05) is 0 Å². The third-order valence-electron chi connectivity index (χ3n) is 12.0. The van der Waals surface area contributed by atoms with Gasteiger partial charge in [-0.3, -0.25) is 0 Å². The highest BCUT2D eigenvalue weighted by atomic mass is 14.7. The molecule has 0 amide bonds. The van der Waals surface area contributed by atoms with Gasteiger partial charge in [0.2, 0.25) is 0 Å². The van der Waals surface area contributed by atoms with Crippen molar-refractivity contribution in [2.75, 3.05) is 0 Å². The van der Waals surface area contributed by atoms with Crippen molar-refractivity contribution in [3.63, 3.8) is 0 Å². The zero-order chi connectivity index (χ0) is 38.2. The molecule has 0 fully saturated rings. The van der Waals surface area contributed by atoms with E-state index in [4.69, 9.17) is 9.97 Å². The Labute approximate surface area is 335 Å². The van der Waals surface area contributed by atoms with Crippen molar-refractivity contribution in [1.29, 1.82) is 0 Å². The Bertz CT molecular complexity index is 3370. The summed E-state index contributed by atoms with van der Waals surface area (Å²) in [6.45, 7) is 0. The monoisotopic (exact) mass is 734 g/mol. The molecule has 12 rings (SSSR count). The Kier molecular flexibility index (Phi) is 7.26. The fourth-order valence-electron chi connectivity index (χ4n) is 9.29. The van der Waals surface area contributed by atoms with Gasteiger partial charge >= 0.3 is 0 Å². The Morgan fingerprint density at radius 2 is 0.569 bits per heavy atom. The van der Waals surface area contributed by atoms with Crippen molar-refractivity contribution in [2.45, 2.75) is 0 Å². The van der Waals surface area contributed by atoms with E-state index in [-0.39, 0.29) is 0 Å². The van der Waals surface area contributed by atoms with Crippen LogP contribution in [0.3, 0.4) is 0 Å². The first kappa shape index (κ1) is 32.6. The SMILES string of the molecule is c1ccc(-c2ccc3c(-c4cc5ccccc5c5ccccc45)cc4c(cc(-c5cc6ccccc6c6ccccc56)c5ccc(-c6ccccc6)nc54)c3n2)cc1. The second-order valence-electron chi connectivity index (χ2n) is 15.2. The van der Waals surface area contributed by atoms with Crippen LogP contribution in [-0.2, 0) is 0 Å². The summed E-state index contributed by atoms with van der Waals surface area (Å²) in [5, 5.41) is 14.2. The topological polar surface area (TPSA) is 25.8 Å². The Morgan fingerprint density at radius 3 is 1.00 bits per heavy atom. The second-order valence-corrected chi connectivity index (χ2v) is 15.2. The lowest BCUT2D eigenvalue weighted by atomic mass is 9.86. The minimum atomic E-state index is 0.943. The molecule has 0 radical (unpaired) electrons. The number of rotatable bonds is 4. The maximum Gasteiger partial charge on any atom is 0.0795 e. The van der Waals surface area contributed by atoms with Gasteiger partial charge in [0.1, 0.15) is 0 Å². The molecule has 0 aliphatic rings. The molecule has 0 aliphatic heterocycles. The molecule has 0 saturated heterocycles. The number of fused-ring (bicyclic) bond motifs is 11. The summed E-state index contributed by atoms with van der Waals surface area (Å²) in [5.74, 6) is 0. The number of hydrogen-bond donors (Lipinski definition) is 0. The van der Waals surface area contributed by atoms with Crippen LogP contribution in [-0.4, -0.2) is 9.97 Å². The van der Waals surface area contributed by atoms with Crippen LogP contribution >= 0.6 is 0 Å². The van der Waals surface area contributed by atoms with Crippen LogP contribution in [0.25, 0.3) is 120 Å². The quantitative estimate of drug-likeness (QED) is 0.168. The van der Waals surface area contributed by atoms with E-state index >= 15 is 0 Å². The number of hydrogen-bond acceptors (Lipinski definition) is 2. The van der Waals surface area contributed by atoms with Crippen LogP contribution in [0.2, 0.25) is 0 Å². The number of nitrogens with zero attached hydrogens (tertiary/aromatic N) is 2. The van der Waals surface area contributed by atoms with E-state index in [1.54, 1.807) is 0 Å². The van der Waals surface area contributed by atoms with Gasteiger partial charge in [0.05, 0.1) is 22.4 Å². The molecule has 0 N–H and O–H groups in total. The average molecular weight is 735 g/mol. The largest absolute Gasteiger partial charge is 0.247 e. The summed E-state index contributed by atoms with van der Waals surface area (Å²) in [6, 6.07) is 74.5.